The highest BCUT2D eigenvalue weighted by Gasteiger charge is 2.33. The first-order valence-corrected chi connectivity index (χ1v) is 13.3. The Kier molecular flexibility index (Phi) is 14.5. The summed E-state index contributed by atoms with van der Waals surface area (Å²) in [7, 11) is 0. The minimum absolute atomic E-state index is 0.0202. The molecule has 0 saturated carbocycles. The van der Waals surface area contributed by atoms with Crippen molar-refractivity contribution < 1.29 is 38.5 Å². The van der Waals surface area contributed by atoms with E-state index in [1.165, 1.54) is 12.1 Å². The van der Waals surface area contributed by atoms with Gasteiger partial charge in [-0.25, -0.2) is 0 Å². The second kappa shape index (κ2) is 16.7. The summed E-state index contributed by atoms with van der Waals surface area (Å²) in [5, 5.41) is 9.68. The van der Waals surface area contributed by atoms with Crippen molar-refractivity contribution in [2.45, 2.75) is 97.9 Å². The molecule has 0 spiro atoms. The maximum atomic E-state index is 12.4. The highest BCUT2D eigenvalue weighted by Crippen LogP contribution is 2.36. The first-order chi connectivity index (χ1) is 17.5. The molecule has 1 rings (SSSR count). The van der Waals surface area contributed by atoms with E-state index in [4.69, 9.17) is 19.9 Å². The van der Waals surface area contributed by atoms with Gasteiger partial charge in [-0.1, -0.05) is 59.9 Å². The average molecular weight is 522 g/mol. The van der Waals surface area contributed by atoms with Gasteiger partial charge in [0, 0.05) is 18.8 Å². The van der Waals surface area contributed by atoms with Gasteiger partial charge in [0.15, 0.2) is 11.5 Å². The van der Waals surface area contributed by atoms with Crippen LogP contribution in [0.3, 0.4) is 0 Å². The minimum Gasteiger partial charge on any atom is -0.480 e. The number of hydrogen-bond acceptors (Lipinski definition) is 8. The van der Waals surface area contributed by atoms with Gasteiger partial charge < -0.3 is 25.1 Å². The zero-order valence-electron chi connectivity index (χ0n) is 22.8. The number of carbonyl (C=O) groups excluding carboxylic acids is 3. The third kappa shape index (κ3) is 10.9. The Morgan fingerprint density at radius 2 is 1.46 bits per heavy atom. The Balaban J connectivity index is 3.29. The molecule has 0 bridgehead atoms. The molecule has 0 aliphatic rings. The number of rotatable bonds is 17. The van der Waals surface area contributed by atoms with Gasteiger partial charge in [0.1, 0.15) is 6.04 Å². The SMILES string of the molecule is CCCCC(=O)Oc1ccc(C(C(C)COC(=O)C(C)CCC)[C@H](N)C(=O)O)cc1OC(=O)CCCC. The van der Waals surface area contributed by atoms with Gasteiger partial charge in [-0.2, -0.15) is 0 Å². The molecule has 0 aliphatic carbocycles. The van der Waals surface area contributed by atoms with Crippen LogP contribution in [-0.4, -0.2) is 41.6 Å². The Morgan fingerprint density at radius 1 is 0.892 bits per heavy atom. The summed E-state index contributed by atoms with van der Waals surface area (Å²) in [4.78, 5) is 48.8. The summed E-state index contributed by atoms with van der Waals surface area (Å²) in [5.74, 6) is -3.93. The molecule has 208 valence electrons. The van der Waals surface area contributed by atoms with Crippen LogP contribution in [0.2, 0.25) is 0 Å². The van der Waals surface area contributed by atoms with Crippen LogP contribution in [-0.2, 0) is 23.9 Å². The first-order valence-electron chi connectivity index (χ1n) is 13.3. The first kappa shape index (κ1) is 32.1. The number of aliphatic carboxylic acids is 1. The molecule has 0 heterocycles. The molecule has 9 heteroatoms. The molecule has 9 nitrogen and oxygen atoms in total. The maximum Gasteiger partial charge on any atom is 0.321 e. The van der Waals surface area contributed by atoms with Crippen LogP contribution in [0.1, 0.15) is 97.5 Å². The Hall–Kier alpha value is -2.94. The van der Waals surface area contributed by atoms with Crippen molar-refractivity contribution in [1.82, 2.24) is 0 Å². The van der Waals surface area contributed by atoms with E-state index < -0.39 is 35.8 Å². The highest BCUT2D eigenvalue weighted by molar-refractivity contribution is 5.77. The largest absolute Gasteiger partial charge is 0.480 e. The van der Waals surface area contributed by atoms with Crippen LogP contribution in [0.25, 0.3) is 0 Å². The summed E-state index contributed by atoms with van der Waals surface area (Å²) in [6, 6.07) is 3.24. The summed E-state index contributed by atoms with van der Waals surface area (Å²) >= 11 is 0. The standard InChI is InChI=1S/C28H43NO8/c1-6-9-12-23(30)36-21-15-14-20(16-22(21)37-24(31)13-10-7-2)25(26(29)27(32)33)19(5)17-35-28(34)18(4)11-8-3/h14-16,18-19,25-26H,6-13,17,29H2,1-5H3,(H,32,33)/t18?,19?,25?,26-/m0/s1. The summed E-state index contributed by atoms with van der Waals surface area (Å²) in [5.41, 5.74) is 6.53. The van der Waals surface area contributed by atoms with Crippen molar-refractivity contribution in [3.8, 4) is 11.5 Å². The fraction of sp³-hybridized carbons (Fsp3) is 0.643. The van der Waals surface area contributed by atoms with Crippen molar-refractivity contribution in [2.24, 2.45) is 17.6 Å². The van der Waals surface area contributed by atoms with Gasteiger partial charge >= 0.3 is 23.9 Å². The van der Waals surface area contributed by atoms with Crippen LogP contribution < -0.4 is 15.2 Å². The van der Waals surface area contributed by atoms with E-state index in [2.05, 4.69) is 0 Å². The van der Waals surface area contributed by atoms with Gasteiger partial charge in [-0.15, -0.1) is 0 Å². The molecule has 3 N–H and O–H groups in total. The molecule has 1 aromatic rings. The van der Waals surface area contributed by atoms with E-state index >= 15 is 0 Å². The molecule has 1 aromatic carbocycles. The highest BCUT2D eigenvalue weighted by atomic mass is 16.6. The van der Waals surface area contributed by atoms with E-state index in [1.807, 2.05) is 20.8 Å². The molecule has 0 amide bonds. The molecule has 3 unspecified atom stereocenters. The second-order valence-corrected chi connectivity index (χ2v) is 9.55. The molecule has 0 aromatic heterocycles. The zero-order chi connectivity index (χ0) is 28.0. The summed E-state index contributed by atoms with van der Waals surface area (Å²) in [6.45, 7) is 9.39. The lowest BCUT2D eigenvalue weighted by molar-refractivity contribution is -0.150. The number of carbonyl (C=O) groups is 4. The van der Waals surface area contributed by atoms with Gasteiger partial charge in [0.05, 0.1) is 12.5 Å². The Labute approximate surface area is 220 Å². The molecular formula is C28H43NO8. The zero-order valence-corrected chi connectivity index (χ0v) is 22.8. The Morgan fingerprint density at radius 3 is 1.97 bits per heavy atom. The van der Waals surface area contributed by atoms with Crippen molar-refractivity contribution in [3.05, 3.63) is 23.8 Å². The molecule has 37 heavy (non-hydrogen) atoms. The number of carboxylic acid groups (broad SMARTS) is 1. The molecule has 0 fully saturated rings. The molecule has 0 radical (unpaired) electrons. The van der Waals surface area contributed by atoms with Gasteiger partial charge in [-0.3, -0.25) is 19.2 Å². The number of hydrogen-bond donors (Lipinski definition) is 2. The van der Waals surface area contributed by atoms with Crippen LogP contribution in [0.15, 0.2) is 18.2 Å². The predicted molar refractivity (Wildman–Crippen MR) is 139 cm³/mol. The van der Waals surface area contributed by atoms with E-state index in [0.717, 1.165) is 19.3 Å². The lowest BCUT2D eigenvalue weighted by Crippen LogP contribution is -2.40. The topological polar surface area (TPSA) is 142 Å². The van der Waals surface area contributed by atoms with E-state index in [1.54, 1.807) is 19.9 Å². The Bertz CT molecular complexity index is 900. The van der Waals surface area contributed by atoms with Gasteiger partial charge in [-0.05, 0) is 42.9 Å². The van der Waals surface area contributed by atoms with E-state index in [-0.39, 0.29) is 42.8 Å². The number of benzene rings is 1. The third-order valence-corrected chi connectivity index (χ3v) is 6.17. The average Bonchev–Trinajstić information content (AvgIpc) is 2.86. The van der Waals surface area contributed by atoms with Crippen molar-refractivity contribution in [1.29, 1.82) is 0 Å². The van der Waals surface area contributed by atoms with Gasteiger partial charge in [0.25, 0.3) is 0 Å². The molecular weight excluding hydrogens is 478 g/mol. The summed E-state index contributed by atoms with van der Waals surface area (Å²) < 4.78 is 16.4. The van der Waals surface area contributed by atoms with Crippen LogP contribution in [0.4, 0.5) is 0 Å². The van der Waals surface area contributed by atoms with E-state index in [9.17, 15) is 24.3 Å². The normalized spacial score (nSPS) is 14.2. The van der Waals surface area contributed by atoms with Crippen LogP contribution >= 0.6 is 0 Å². The number of ether oxygens (including phenoxy) is 3. The number of esters is 3. The molecule has 0 aliphatic heterocycles. The smallest absolute Gasteiger partial charge is 0.321 e. The van der Waals surface area contributed by atoms with Crippen LogP contribution in [0, 0.1) is 11.8 Å². The number of nitrogens with two attached hydrogens (primary N) is 1. The van der Waals surface area contributed by atoms with Gasteiger partial charge in [0.2, 0.25) is 0 Å². The number of unbranched alkanes of at least 4 members (excludes halogenated alkanes) is 2. The third-order valence-electron chi connectivity index (χ3n) is 6.17. The lowest BCUT2D eigenvalue weighted by atomic mass is 9.82. The lowest BCUT2D eigenvalue weighted by Gasteiger charge is -2.28. The molecule has 0 saturated heterocycles. The monoisotopic (exact) mass is 521 g/mol. The maximum absolute atomic E-state index is 12.4. The predicted octanol–water partition coefficient (Wildman–Crippen LogP) is 4.99. The van der Waals surface area contributed by atoms with Crippen molar-refractivity contribution in [3.63, 3.8) is 0 Å². The molecule has 4 atom stereocenters. The minimum atomic E-state index is -1.32. The fourth-order valence-corrected chi connectivity index (χ4v) is 3.94. The quantitative estimate of drug-likeness (QED) is 0.214. The van der Waals surface area contributed by atoms with Crippen molar-refractivity contribution in [2.75, 3.05) is 6.61 Å². The van der Waals surface area contributed by atoms with Crippen LogP contribution in [0.5, 0.6) is 11.5 Å². The number of carboxylic acids is 1. The fourth-order valence-electron chi connectivity index (χ4n) is 3.94. The van der Waals surface area contributed by atoms with E-state index in [0.29, 0.717) is 24.8 Å². The summed E-state index contributed by atoms with van der Waals surface area (Å²) in [6.07, 6.45) is 4.85. The second-order valence-electron chi connectivity index (χ2n) is 9.55. The van der Waals surface area contributed by atoms with Crippen molar-refractivity contribution >= 4 is 23.9 Å².